The van der Waals surface area contributed by atoms with Gasteiger partial charge < -0.3 is 4.52 Å². The van der Waals surface area contributed by atoms with Crippen molar-refractivity contribution in [1.29, 1.82) is 0 Å². The van der Waals surface area contributed by atoms with Gasteiger partial charge in [-0.25, -0.2) is 0 Å². The number of azo groups is 1. The highest BCUT2D eigenvalue weighted by Crippen LogP contribution is 2.31. The van der Waals surface area contributed by atoms with Gasteiger partial charge in [-0.2, -0.15) is 5.11 Å². The third-order valence-electron chi connectivity index (χ3n) is 2.69. The maximum Gasteiger partial charge on any atom is 0.194 e. The fraction of sp³-hybridized carbons (Fsp3) is 0. The quantitative estimate of drug-likeness (QED) is 0.603. The Hall–Kier alpha value is -2.46. The fourth-order valence-electron chi connectivity index (χ4n) is 1.71. The third kappa shape index (κ3) is 2.75. The van der Waals surface area contributed by atoms with E-state index in [4.69, 9.17) is 16.1 Å². The predicted octanol–water partition coefficient (Wildman–Crippen LogP) is 5.41. The normalized spacial score (nSPS) is 11.1. The minimum Gasteiger partial charge on any atom is -0.354 e. The molecule has 2 aromatic carbocycles. The number of aromatic nitrogens is 1. The Morgan fingerprint density at radius 1 is 0.900 bits per heavy atom. The van der Waals surface area contributed by atoms with Gasteiger partial charge in [0.15, 0.2) is 11.4 Å². The zero-order valence-electron chi connectivity index (χ0n) is 10.4. The molecule has 0 amide bonds. The van der Waals surface area contributed by atoms with Gasteiger partial charge in [0.2, 0.25) is 0 Å². The van der Waals surface area contributed by atoms with Crippen LogP contribution in [0.3, 0.4) is 0 Å². The maximum absolute atomic E-state index is 5.87. The molecular formula is C15H10ClN3O. The lowest BCUT2D eigenvalue weighted by Crippen LogP contribution is -1.73. The van der Waals surface area contributed by atoms with Gasteiger partial charge in [-0.15, -0.1) is 5.11 Å². The number of benzene rings is 2. The van der Waals surface area contributed by atoms with Crippen LogP contribution in [0.1, 0.15) is 0 Å². The van der Waals surface area contributed by atoms with E-state index < -0.39 is 0 Å². The topological polar surface area (TPSA) is 50.8 Å². The van der Waals surface area contributed by atoms with Crippen molar-refractivity contribution in [3.05, 3.63) is 65.8 Å². The largest absolute Gasteiger partial charge is 0.354 e. The van der Waals surface area contributed by atoms with E-state index in [1.54, 1.807) is 12.1 Å². The molecule has 0 radical (unpaired) electrons. The first kappa shape index (κ1) is 12.6. The van der Waals surface area contributed by atoms with E-state index in [9.17, 15) is 0 Å². The zero-order chi connectivity index (χ0) is 13.8. The van der Waals surface area contributed by atoms with Crippen LogP contribution in [0, 0.1) is 0 Å². The fourth-order valence-corrected chi connectivity index (χ4v) is 1.84. The predicted molar refractivity (Wildman–Crippen MR) is 77.6 cm³/mol. The van der Waals surface area contributed by atoms with Gasteiger partial charge >= 0.3 is 0 Å². The molecule has 0 saturated heterocycles. The van der Waals surface area contributed by atoms with Crippen LogP contribution >= 0.6 is 11.6 Å². The molecule has 0 aliphatic carbocycles. The van der Waals surface area contributed by atoms with Crippen molar-refractivity contribution in [3.63, 3.8) is 0 Å². The highest BCUT2D eigenvalue weighted by Gasteiger charge is 2.10. The van der Waals surface area contributed by atoms with E-state index in [0.29, 0.717) is 16.5 Å². The molecule has 0 aliphatic rings. The Labute approximate surface area is 120 Å². The lowest BCUT2D eigenvalue weighted by molar-refractivity contribution is 0.432. The first-order chi connectivity index (χ1) is 9.83. The number of hydrogen-bond donors (Lipinski definition) is 0. The van der Waals surface area contributed by atoms with Crippen LogP contribution in [-0.4, -0.2) is 5.16 Å². The molecule has 0 N–H and O–H groups in total. The second kappa shape index (κ2) is 5.67. The lowest BCUT2D eigenvalue weighted by Gasteiger charge is -1.97. The molecule has 0 saturated carbocycles. The molecule has 3 rings (SSSR count). The standard InChI is InChI=1S/C15H10ClN3O/c16-12-8-6-11(7-9-12)15-14(10-17-20-15)19-18-13-4-2-1-3-5-13/h1-10H. The van der Waals surface area contributed by atoms with Gasteiger partial charge in [-0.05, 0) is 36.4 Å². The molecule has 0 unspecified atom stereocenters. The second-order valence-electron chi connectivity index (χ2n) is 4.08. The highest BCUT2D eigenvalue weighted by molar-refractivity contribution is 6.30. The Morgan fingerprint density at radius 2 is 1.65 bits per heavy atom. The lowest BCUT2D eigenvalue weighted by atomic mass is 10.1. The molecule has 5 heteroatoms. The van der Waals surface area contributed by atoms with E-state index in [0.717, 1.165) is 11.3 Å². The van der Waals surface area contributed by atoms with Crippen LogP contribution in [0.2, 0.25) is 5.02 Å². The molecule has 0 atom stereocenters. The molecule has 0 bridgehead atoms. The van der Waals surface area contributed by atoms with Gasteiger partial charge in [0.25, 0.3) is 0 Å². The van der Waals surface area contributed by atoms with Crippen LogP contribution < -0.4 is 0 Å². The molecule has 98 valence electrons. The number of rotatable bonds is 3. The summed E-state index contributed by atoms with van der Waals surface area (Å²) < 4.78 is 5.23. The summed E-state index contributed by atoms with van der Waals surface area (Å²) in [6, 6.07) is 16.8. The molecule has 20 heavy (non-hydrogen) atoms. The molecule has 3 aromatic rings. The summed E-state index contributed by atoms with van der Waals surface area (Å²) in [4.78, 5) is 0. The van der Waals surface area contributed by atoms with Gasteiger partial charge in [-0.3, -0.25) is 0 Å². The third-order valence-corrected chi connectivity index (χ3v) is 2.94. The summed E-state index contributed by atoms with van der Waals surface area (Å²) in [6.45, 7) is 0. The Morgan fingerprint density at radius 3 is 2.40 bits per heavy atom. The summed E-state index contributed by atoms with van der Waals surface area (Å²) in [5, 5.41) is 12.8. The summed E-state index contributed by atoms with van der Waals surface area (Å²) in [6.07, 6.45) is 1.54. The highest BCUT2D eigenvalue weighted by atomic mass is 35.5. The Balaban J connectivity index is 1.91. The molecule has 1 heterocycles. The summed E-state index contributed by atoms with van der Waals surface area (Å²) in [5.41, 5.74) is 2.21. The Bertz CT molecular complexity index is 720. The van der Waals surface area contributed by atoms with E-state index in [1.807, 2.05) is 42.5 Å². The van der Waals surface area contributed by atoms with Crippen LogP contribution in [0.15, 0.2) is 75.5 Å². The minimum atomic E-state index is 0.571. The number of hydrogen-bond acceptors (Lipinski definition) is 4. The Kier molecular flexibility index (Phi) is 3.56. The van der Waals surface area contributed by atoms with Crippen molar-refractivity contribution in [2.75, 3.05) is 0 Å². The molecule has 4 nitrogen and oxygen atoms in total. The van der Waals surface area contributed by atoms with Crippen molar-refractivity contribution in [3.8, 4) is 11.3 Å². The van der Waals surface area contributed by atoms with Gasteiger partial charge in [0.05, 0.1) is 11.9 Å². The SMILES string of the molecule is Clc1ccc(-c2oncc2N=Nc2ccccc2)cc1. The van der Waals surface area contributed by atoms with Gasteiger partial charge in [0, 0.05) is 10.6 Å². The second-order valence-corrected chi connectivity index (χ2v) is 4.52. The maximum atomic E-state index is 5.87. The van der Waals surface area contributed by atoms with E-state index in [-0.39, 0.29) is 0 Å². The van der Waals surface area contributed by atoms with Crippen LogP contribution in [0.5, 0.6) is 0 Å². The van der Waals surface area contributed by atoms with E-state index in [1.165, 1.54) is 6.20 Å². The summed E-state index contributed by atoms with van der Waals surface area (Å²) >= 11 is 5.87. The molecule has 0 spiro atoms. The average Bonchev–Trinajstić information content (AvgIpc) is 2.95. The monoisotopic (exact) mass is 283 g/mol. The van der Waals surface area contributed by atoms with Gasteiger partial charge in [0.1, 0.15) is 0 Å². The summed E-state index contributed by atoms with van der Waals surface area (Å²) in [7, 11) is 0. The van der Waals surface area contributed by atoms with Gasteiger partial charge in [-0.1, -0.05) is 35.0 Å². The minimum absolute atomic E-state index is 0.571. The zero-order valence-corrected chi connectivity index (χ0v) is 11.2. The molecule has 0 aliphatic heterocycles. The van der Waals surface area contributed by atoms with Crippen LogP contribution in [-0.2, 0) is 0 Å². The number of halogens is 1. The van der Waals surface area contributed by atoms with Crippen LogP contribution in [0.4, 0.5) is 11.4 Å². The summed E-state index contributed by atoms with van der Waals surface area (Å²) in [5.74, 6) is 0.571. The smallest absolute Gasteiger partial charge is 0.194 e. The molecule has 0 fully saturated rings. The van der Waals surface area contributed by atoms with Crippen molar-refractivity contribution >= 4 is 23.0 Å². The van der Waals surface area contributed by atoms with E-state index >= 15 is 0 Å². The van der Waals surface area contributed by atoms with Crippen molar-refractivity contribution in [2.45, 2.75) is 0 Å². The first-order valence-electron chi connectivity index (χ1n) is 6.00. The van der Waals surface area contributed by atoms with Crippen molar-refractivity contribution < 1.29 is 4.52 Å². The van der Waals surface area contributed by atoms with Crippen molar-refractivity contribution in [1.82, 2.24) is 5.16 Å². The first-order valence-corrected chi connectivity index (χ1v) is 6.38. The van der Waals surface area contributed by atoms with Crippen molar-refractivity contribution in [2.24, 2.45) is 10.2 Å². The number of nitrogens with zero attached hydrogens (tertiary/aromatic N) is 3. The average molecular weight is 284 g/mol. The van der Waals surface area contributed by atoms with Crippen LogP contribution in [0.25, 0.3) is 11.3 Å². The molecular weight excluding hydrogens is 274 g/mol. The van der Waals surface area contributed by atoms with E-state index in [2.05, 4.69) is 15.4 Å². The molecule has 1 aromatic heterocycles.